The van der Waals surface area contributed by atoms with Gasteiger partial charge in [-0.1, -0.05) is 23.5 Å². The van der Waals surface area contributed by atoms with Crippen molar-refractivity contribution in [1.29, 1.82) is 0 Å². The van der Waals surface area contributed by atoms with Crippen LogP contribution in [0.5, 0.6) is 0 Å². The van der Waals surface area contributed by atoms with E-state index in [1.807, 2.05) is 6.92 Å². The van der Waals surface area contributed by atoms with Crippen molar-refractivity contribution < 1.29 is 13.9 Å². The lowest BCUT2D eigenvalue weighted by atomic mass is 10.1. The molecule has 1 aliphatic rings. The number of hydrogen-bond donors (Lipinski definition) is 0. The minimum atomic E-state index is -0.194. The standard InChI is InChI=1S/C19H19BrN2O3S/c1-11-5-6-12(2)17-16(11)21-19(26-17)22(10-13-4-3-9-24-13)18(23)14-7-8-15(20)25-14/h5-8,13H,3-4,9-10H2,1-2H3. The second kappa shape index (κ2) is 7.13. The lowest BCUT2D eigenvalue weighted by molar-refractivity contribution is 0.0894. The zero-order chi connectivity index (χ0) is 18.3. The van der Waals surface area contributed by atoms with E-state index >= 15 is 0 Å². The first-order valence-corrected chi connectivity index (χ1v) is 10.2. The monoisotopic (exact) mass is 434 g/mol. The van der Waals surface area contributed by atoms with Crippen LogP contribution in [0.4, 0.5) is 5.13 Å². The highest BCUT2D eigenvalue weighted by Crippen LogP contribution is 2.34. The maximum atomic E-state index is 13.1. The van der Waals surface area contributed by atoms with Gasteiger partial charge in [-0.25, -0.2) is 4.98 Å². The number of nitrogens with zero attached hydrogens (tertiary/aromatic N) is 2. The Hall–Kier alpha value is -1.70. The van der Waals surface area contributed by atoms with Gasteiger partial charge in [-0.3, -0.25) is 9.69 Å². The third-order valence-corrected chi connectivity index (χ3v) is 6.24. The lowest BCUT2D eigenvalue weighted by Crippen LogP contribution is -2.37. The Morgan fingerprint density at radius 3 is 2.77 bits per heavy atom. The van der Waals surface area contributed by atoms with Crippen LogP contribution in [0.2, 0.25) is 0 Å². The molecule has 4 rings (SSSR count). The molecule has 0 N–H and O–H groups in total. The molecule has 136 valence electrons. The Balaban J connectivity index is 1.75. The Labute approximate surface area is 164 Å². The van der Waals surface area contributed by atoms with Crippen LogP contribution in [0.3, 0.4) is 0 Å². The summed E-state index contributed by atoms with van der Waals surface area (Å²) in [6.07, 6.45) is 2.01. The van der Waals surface area contributed by atoms with Gasteiger partial charge in [-0.15, -0.1) is 0 Å². The maximum Gasteiger partial charge on any atom is 0.295 e. The molecular weight excluding hydrogens is 416 g/mol. The zero-order valence-electron chi connectivity index (χ0n) is 14.6. The summed E-state index contributed by atoms with van der Waals surface area (Å²) in [5.41, 5.74) is 3.23. The van der Waals surface area contributed by atoms with Crippen LogP contribution in [-0.2, 0) is 4.74 Å². The van der Waals surface area contributed by atoms with Crippen LogP contribution in [0.15, 0.2) is 33.4 Å². The molecule has 3 heterocycles. The van der Waals surface area contributed by atoms with Gasteiger partial charge in [0.05, 0.1) is 22.9 Å². The summed E-state index contributed by atoms with van der Waals surface area (Å²) in [7, 11) is 0. The third-order valence-electron chi connectivity index (χ3n) is 4.60. The van der Waals surface area contributed by atoms with Crippen molar-refractivity contribution in [2.24, 2.45) is 0 Å². The molecule has 7 heteroatoms. The molecule has 0 radical (unpaired) electrons. The molecule has 1 saturated heterocycles. The third kappa shape index (κ3) is 3.31. The van der Waals surface area contributed by atoms with Crippen molar-refractivity contribution in [3.8, 4) is 0 Å². The van der Waals surface area contributed by atoms with E-state index in [2.05, 4.69) is 35.0 Å². The quantitative estimate of drug-likeness (QED) is 0.573. The summed E-state index contributed by atoms with van der Waals surface area (Å²) in [5.74, 6) is 0.100. The summed E-state index contributed by atoms with van der Waals surface area (Å²) in [4.78, 5) is 19.6. The van der Waals surface area contributed by atoms with E-state index in [-0.39, 0.29) is 12.0 Å². The number of anilines is 1. The van der Waals surface area contributed by atoms with Crippen molar-refractivity contribution in [1.82, 2.24) is 4.98 Å². The lowest BCUT2D eigenvalue weighted by Gasteiger charge is -2.22. The average Bonchev–Trinajstić information content (AvgIpc) is 3.35. The number of carbonyl (C=O) groups is 1. The van der Waals surface area contributed by atoms with E-state index in [1.165, 1.54) is 5.56 Å². The van der Waals surface area contributed by atoms with Crippen LogP contribution >= 0.6 is 27.3 Å². The van der Waals surface area contributed by atoms with Gasteiger partial charge in [0, 0.05) is 6.61 Å². The number of ether oxygens (including phenoxy) is 1. The largest absolute Gasteiger partial charge is 0.444 e. The first kappa shape index (κ1) is 17.7. The average molecular weight is 435 g/mol. The molecule has 1 amide bonds. The Morgan fingerprint density at radius 1 is 1.31 bits per heavy atom. The van der Waals surface area contributed by atoms with E-state index in [0.29, 0.717) is 22.1 Å². The highest BCUT2D eigenvalue weighted by molar-refractivity contribution is 9.10. The molecule has 0 spiro atoms. The molecule has 1 fully saturated rings. The van der Waals surface area contributed by atoms with Crippen LogP contribution in [-0.4, -0.2) is 30.1 Å². The van der Waals surface area contributed by atoms with Crippen molar-refractivity contribution in [2.45, 2.75) is 32.8 Å². The number of aryl methyl sites for hydroxylation is 2. The van der Waals surface area contributed by atoms with Gasteiger partial charge in [-0.2, -0.15) is 0 Å². The van der Waals surface area contributed by atoms with Gasteiger partial charge in [-0.05, 0) is 65.9 Å². The van der Waals surface area contributed by atoms with Gasteiger partial charge in [0.1, 0.15) is 0 Å². The first-order chi connectivity index (χ1) is 12.5. The van der Waals surface area contributed by atoms with E-state index < -0.39 is 0 Å². The highest BCUT2D eigenvalue weighted by Gasteiger charge is 2.29. The smallest absolute Gasteiger partial charge is 0.295 e. The topological polar surface area (TPSA) is 55.6 Å². The van der Waals surface area contributed by atoms with Gasteiger partial charge in [0.2, 0.25) is 0 Å². The number of halogens is 1. The first-order valence-electron chi connectivity index (χ1n) is 8.58. The number of benzene rings is 1. The fourth-order valence-electron chi connectivity index (χ4n) is 3.17. The fraction of sp³-hybridized carbons (Fsp3) is 0.368. The molecule has 0 saturated carbocycles. The van der Waals surface area contributed by atoms with E-state index in [4.69, 9.17) is 14.1 Å². The maximum absolute atomic E-state index is 13.1. The summed E-state index contributed by atoms with van der Waals surface area (Å²) >= 11 is 4.81. The van der Waals surface area contributed by atoms with Gasteiger partial charge in [0.15, 0.2) is 15.6 Å². The minimum Gasteiger partial charge on any atom is -0.444 e. The number of amides is 1. The van der Waals surface area contributed by atoms with Crippen molar-refractivity contribution in [2.75, 3.05) is 18.1 Å². The normalized spacial score (nSPS) is 17.1. The van der Waals surface area contributed by atoms with Gasteiger partial charge < -0.3 is 9.15 Å². The van der Waals surface area contributed by atoms with E-state index in [9.17, 15) is 4.79 Å². The van der Waals surface area contributed by atoms with Gasteiger partial charge >= 0.3 is 0 Å². The minimum absolute atomic E-state index is 0.0339. The molecular formula is C19H19BrN2O3S. The Kier molecular flexibility index (Phi) is 4.86. The van der Waals surface area contributed by atoms with E-state index in [0.717, 1.165) is 35.2 Å². The molecule has 2 aromatic heterocycles. The molecule has 0 aliphatic carbocycles. The summed E-state index contributed by atoms with van der Waals surface area (Å²) in [6, 6.07) is 7.56. The zero-order valence-corrected chi connectivity index (χ0v) is 17.0. The van der Waals surface area contributed by atoms with Crippen LogP contribution in [0.1, 0.15) is 34.5 Å². The van der Waals surface area contributed by atoms with Crippen molar-refractivity contribution >= 4 is 48.5 Å². The Morgan fingerprint density at radius 2 is 2.12 bits per heavy atom. The number of furan rings is 1. The van der Waals surface area contributed by atoms with Crippen LogP contribution in [0.25, 0.3) is 10.2 Å². The SMILES string of the molecule is Cc1ccc(C)c2sc(N(CC3CCCO3)C(=O)c3ccc(Br)o3)nc12. The summed E-state index contributed by atoms with van der Waals surface area (Å²) in [6.45, 7) is 5.34. The predicted octanol–water partition coefficient (Wildman–Crippen LogP) is 5.09. The molecule has 3 aromatic rings. The molecule has 26 heavy (non-hydrogen) atoms. The molecule has 1 unspecified atom stereocenters. The second-order valence-electron chi connectivity index (χ2n) is 6.53. The van der Waals surface area contributed by atoms with Crippen molar-refractivity contribution in [3.05, 3.63) is 45.8 Å². The number of fused-ring (bicyclic) bond motifs is 1. The van der Waals surface area contributed by atoms with Gasteiger partial charge in [0.25, 0.3) is 5.91 Å². The molecule has 1 aromatic carbocycles. The molecule has 1 atom stereocenters. The summed E-state index contributed by atoms with van der Waals surface area (Å²) < 4.78 is 12.9. The summed E-state index contributed by atoms with van der Waals surface area (Å²) in [5, 5.41) is 0.686. The molecule has 0 bridgehead atoms. The number of rotatable bonds is 4. The number of thiazole rings is 1. The van der Waals surface area contributed by atoms with Crippen molar-refractivity contribution in [3.63, 3.8) is 0 Å². The fourth-order valence-corrected chi connectivity index (χ4v) is 4.59. The Bertz CT molecular complexity index is 920. The van der Waals surface area contributed by atoms with Crippen LogP contribution < -0.4 is 4.90 Å². The highest BCUT2D eigenvalue weighted by atomic mass is 79.9. The molecule has 5 nitrogen and oxygen atoms in total. The number of carbonyl (C=O) groups excluding carboxylic acids is 1. The number of hydrogen-bond acceptors (Lipinski definition) is 5. The van der Waals surface area contributed by atoms with E-state index in [1.54, 1.807) is 28.4 Å². The molecule has 1 aliphatic heterocycles. The predicted molar refractivity (Wildman–Crippen MR) is 106 cm³/mol. The van der Waals surface area contributed by atoms with Crippen LogP contribution in [0, 0.1) is 13.8 Å². The second-order valence-corrected chi connectivity index (χ2v) is 8.29. The number of aromatic nitrogens is 1.